The Labute approximate surface area is 180 Å². The van der Waals surface area contributed by atoms with Crippen LogP contribution in [0.25, 0.3) is 5.78 Å². The van der Waals surface area contributed by atoms with E-state index in [2.05, 4.69) is 42.6 Å². The fraction of sp³-hybridized carbons (Fsp3) is 0.292. The van der Waals surface area contributed by atoms with Crippen LogP contribution in [0.2, 0.25) is 0 Å². The summed E-state index contributed by atoms with van der Waals surface area (Å²) in [6, 6.07) is 14.6. The average molecular weight is 413 g/mol. The van der Waals surface area contributed by atoms with Crippen LogP contribution < -0.4 is 14.8 Å². The van der Waals surface area contributed by atoms with Gasteiger partial charge in [0, 0.05) is 18.5 Å². The lowest BCUT2D eigenvalue weighted by Crippen LogP contribution is -2.10. The quantitative estimate of drug-likeness (QED) is 0.536. The fourth-order valence-corrected chi connectivity index (χ4v) is 4.30. The Balaban J connectivity index is 1.32. The summed E-state index contributed by atoms with van der Waals surface area (Å²) in [6.07, 6.45) is 3.81. The Bertz CT molecular complexity index is 1280. The largest absolute Gasteiger partial charge is 0.454 e. The molecule has 1 N–H and O–H groups in total. The molecule has 2 aromatic carbocycles. The second kappa shape index (κ2) is 7.27. The molecule has 0 fully saturated rings. The van der Waals surface area contributed by atoms with Gasteiger partial charge in [0.05, 0.1) is 5.69 Å². The number of fused-ring (bicyclic) bond motifs is 3. The summed E-state index contributed by atoms with van der Waals surface area (Å²) in [7, 11) is 0. The molecule has 156 valence electrons. The van der Waals surface area contributed by atoms with Gasteiger partial charge in [-0.15, -0.1) is 5.10 Å². The van der Waals surface area contributed by atoms with E-state index in [0.717, 1.165) is 53.7 Å². The van der Waals surface area contributed by atoms with E-state index in [0.29, 0.717) is 18.7 Å². The van der Waals surface area contributed by atoms with Crippen LogP contribution in [0.5, 0.6) is 11.5 Å². The summed E-state index contributed by atoms with van der Waals surface area (Å²) in [4.78, 5) is 9.54. The highest BCUT2D eigenvalue weighted by molar-refractivity contribution is 5.55. The molecule has 6 rings (SSSR count). The molecule has 0 amide bonds. The van der Waals surface area contributed by atoms with E-state index in [-0.39, 0.29) is 6.79 Å². The molecule has 1 aliphatic carbocycles. The highest BCUT2D eigenvalue weighted by Gasteiger charge is 2.22. The lowest BCUT2D eigenvalue weighted by Gasteiger charge is -2.12. The molecule has 7 heteroatoms. The Kier molecular flexibility index (Phi) is 4.26. The standard InChI is InChI=1S/C24H23N5O2/c1-15-5-7-16(8-6-15)12-22-27-24-26-19-4-2-3-18(19)23(29(24)28-22)25-13-17-9-10-20-21(11-17)31-14-30-20/h5-11,25H,2-4,12-14H2,1H3. The van der Waals surface area contributed by atoms with Crippen LogP contribution in [0.15, 0.2) is 42.5 Å². The molecule has 0 spiro atoms. The number of aromatic nitrogens is 4. The zero-order valence-electron chi connectivity index (χ0n) is 17.4. The minimum absolute atomic E-state index is 0.285. The molecule has 7 nitrogen and oxygen atoms in total. The number of aryl methyl sites for hydroxylation is 2. The molecule has 31 heavy (non-hydrogen) atoms. The van der Waals surface area contributed by atoms with Crippen LogP contribution in [0.1, 0.15) is 40.2 Å². The summed E-state index contributed by atoms with van der Waals surface area (Å²) < 4.78 is 12.8. The van der Waals surface area contributed by atoms with Gasteiger partial charge < -0.3 is 14.8 Å². The smallest absolute Gasteiger partial charge is 0.254 e. The van der Waals surface area contributed by atoms with E-state index in [9.17, 15) is 0 Å². The molecule has 2 aromatic heterocycles. The van der Waals surface area contributed by atoms with Crippen LogP contribution in [-0.2, 0) is 25.8 Å². The zero-order chi connectivity index (χ0) is 20.8. The van der Waals surface area contributed by atoms with Gasteiger partial charge in [0.1, 0.15) is 5.82 Å². The van der Waals surface area contributed by atoms with E-state index >= 15 is 0 Å². The van der Waals surface area contributed by atoms with Gasteiger partial charge in [-0.05, 0) is 49.4 Å². The normalized spacial score (nSPS) is 14.2. The van der Waals surface area contributed by atoms with E-state index in [1.807, 2.05) is 16.6 Å². The summed E-state index contributed by atoms with van der Waals surface area (Å²) in [5.74, 6) is 4.04. The van der Waals surface area contributed by atoms with Crippen molar-refractivity contribution in [2.45, 2.75) is 39.2 Å². The van der Waals surface area contributed by atoms with Gasteiger partial charge in [0.15, 0.2) is 17.3 Å². The number of hydrogen-bond donors (Lipinski definition) is 1. The Hall–Kier alpha value is -3.61. The van der Waals surface area contributed by atoms with Crippen molar-refractivity contribution in [1.29, 1.82) is 0 Å². The molecular formula is C24H23N5O2. The van der Waals surface area contributed by atoms with Crippen LogP contribution in [0.4, 0.5) is 5.82 Å². The van der Waals surface area contributed by atoms with Crippen LogP contribution in [0, 0.1) is 6.92 Å². The first-order valence-electron chi connectivity index (χ1n) is 10.7. The van der Waals surface area contributed by atoms with Gasteiger partial charge in [-0.25, -0.2) is 4.98 Å². The van der Waals surface area contributed by atoms with Crippen molar-refractivity contribution in [2.75, 3.05) is 12.1 Å². The molecule has 1 aliphatic heterocycles. The van der Waals surface area contributed by atoms with E-state index in [1.165, 1.54) is 16.7 Å². The van der Waals surface area contributed by atoms with Crippen molar-refractivity contribution in [2.24, 2.45) is 0 Å². The predicted molar refractivity (Wildman–Crippen MR) is 117 cm³/mol. The van der Waals surface area contributed by atoms with Crippen LogP contribution in [-0.4, -0.2) is 26.4 Å². The Morgan fingerprint density at radius 1 is 0.968 bits per heavy atom. The number of hydrogen-bond acceptors (Lipinski definition) is 6. The lowest BCUT2D eigenvalue weighted by molar-refractivity contribution is 0.174. The highest BCUT2D eigenvalue weighted by atomic mass is 16.7. The monoisotopic (exact) mass is 413 g/mol. The van der Waals surface area contributed by atoms with Gasteiger partial charge in [-0.3, -0.25) is 0 Å². The van der Waals surface area contributed by atoms with Gasteiger partial charge in [-0.2, -0.15) is 9.50 Å². The first-order chi connectivity index (χ1) is 15.2. The Morgan fingerprint density at radius 2 is 1.81 bits per heavy atom. The maximum Gasteiger partial charge on any atom is 0.254 e. The zero-order valence-corrected chi connectivity index (χ0v) is 17.4. The SMILES string of the molecule is Cc1ccc(Cc2nc3nc4c(c(NCc5ccc6c(c5)OCO6)n3n2)CCC4)cc1. The number of nitrogens with one attached hydrogen (secondary N) is 1. The second-order valence-electron chi connectivity index (χ2n) is 8.18. The summed E-state index contributed by atoms with van der Waals surface area (Å²) in [5, 5.41) is 8.42. The topological polar surface area (TPSA) is 73.6 Å². The van der Waals surface area contributed by atoms with Crippen molar-refractivity contribution >= 4 is 11.6 Å². The Morgan fingerprint density at radius 3 is 2.71 bits per heavy atom. The van der Waals surface area contributed by atoms with Gasteiger partial charge in [-0.1, -0.05) is 35.9 Å². The molecule has 4 aromatic rings. The molecule has 0 atom stereocenters. The van der Waals surface area contributed by atoms with Crippen molar-refractivity contribution in [3.63, 3.8) is 0 Å². The molecule has 0 saturated carbocycles. The maximum atomic E-state index is 5.52. The summed E-state index contributed by atoms with van der Waals surface area (Å²) in [5.41, 5.74) is 5.96. The predicted octanol–water partition coefficient (Wildman–Crippen LogP) is 3.85. The van der Waals surface area contributed by atoms with Crippen molar-refractivity contribution in [3.8, 4) is 11.5 Å². The summed E-state index contributed by atoms with van der Waals surface area (Å²) in [6.45, 7) is 3.04. The minimum Gasteiger partial charge on any atom is -0.454 e. The lowest BCUT2D eigenvalue weighted by atomic mass is 10.1. The molecule has 2 aliphatic rings. The maximum absolute atomic E-state index is 5.52. The van der Waals surface area contributed by atoms with Crippen molar-refractivity contribution < 1.29 is 9.47 Å². The third-order valence-corrected chi connectivity index (χ3v) is 5.94. The molecule has 0 saturated heterocycles. The average Bonchev–Trinajstić information content (AvgIpc) is 3.51. The third kappa shape index (κ3) is 3.36. The molecule has 0 unspecified atom stereocenters. The van der Waals surface area contributed by atoms with E-state index < -0.39 is 0 Å². The molecular weight excluding hydrogens is 390 g/mol. The number of anilines is 1. The van der Waals surface area contributed by atoms with Gasteiger partial charge in [0.25, 0.3) is 5.78 Å². The van der Waals surface area contributed by atoms with Gasteiger partial charge >= 0.3 is 0 Å². The van der Waals surface area contributed by atoms with Crippen LogP contribution >= 0.6 is 0 Å². The molecule has 0 bridgehead atoms. The van der Waals surface area contributed by atoms with Crippen LogP contribution in [0.3, 0.4) is 0 Å². The summed E-state index contributed by atoms with van der Waals surface area (Å²) >= 11 is 0. The number of benzene rings is 2. The minimum atomic E-state index is 0.285. The first-order valence-corrected chi connectivity index (χ1v) is 10.7. The van der Waals surface area contributed by atoms with Crippen molar-refractivity contribution in [1.82, 2.24) is 19.6 Å². The molecule has 3 heterocycles. The number of nitrogens with zero attached hydrogens (tertiary/aromatic N) is 4. The second-order valence-corrected chi connectivity index (χ2v) is 8.18. The highest BCUT2D eigenvalue weighted by Crippen LogP contribution is 2.33. The number of ether oxygens (including phenoxy) is 2. The fourth-order valence-electron chi connectivity index (χ4n) is 4.30. The van der Waals surface area contributed by atoms with Gasteiger partial charge in [0.2, 0.25) is 6.79 Å². The molecule has 0 radical (unpaired) electrons. The number of rotatable bonds is 5. The van der Waals surface area contributed by atoms with E-state index in [1.54, 1.807) is 0 Å². The first kappa shape index (κ1) is 18.2. The van der Waals surface area contributed by atoms with E-state index in [4.69, 9.17) is 24.5 Å². The third-order valence-electron chi connectivity index (χ3n) is 5.94. The van der Waals surface area contributed by atoms with Crippen molar-refractivity contribution in [3.05, 3.63) is 76.2 Å².